The second-order valence-corrected chi connectivity index (χ2v) is 4.71. The summed E-state index contributed by atoms with van der Waals surface area (Å²) in [6, 6.07) is 0. The first-order valence-corrected chi connectivity index (χ1v) is 4.82. The Bertz CT molecular complexity index is 164. The molecule has 56 valence electrons. The molecule has 3 nitrogen and oxygen atoms in total. The molecular weight excluding hydrogens is 219 g/mol. The van der Waals surface area contributed by atoms with Crippen molar-refractivity contribution in [1.82, 2.24) is 0 Å². The molecule has 0 aliphatic rings. The van der Waals surface area contributed by atoms with Crippen molar-refractivity contribution in [2.24, 2.45) is 0 Å². The van der Waals surface area contributed by atoms with E-state index in [1.54, 1.807) is 0 Å². The molecule has 0 saturated carbocycles. The van der Waals surface area contributed by atoms with E-state index in [9.17, 15) is 13.0 Å². The fraction of sp³-hybridized carbons (Fsp3) is 1.00. The van der Waals surface area contributed by atoms with Crippen molar-refractivity contribution in [3.05, 3.63) is 0 Å². The van der Waals surface area contributed by atoms with Gasteiger partial charge < -0.3 is 4.55 Å². The van der Waals surface area contributed by atoms with E-state index in [1.807, 2.05) is 0 Å². The molecule has 7 heteroatoms. The minimum atomic E-state index is -4.07. The summed E-state index contributed by atoms with van der Waals surface area (Å²) in [4.78, 5) is 0. The molecule has 0 atom stereocenters. The molecule has 0 aromatic carbocycles. The smallest absolute Gasteiger partial charge is 0.748 e. The maximum absolute atomic E-state index is 9.91. The zero-order chi connectivity index (χ0) is 7.49. The molecule has 0 aromatic heterocycles. The molecule has 0 aliphatic carbocycles. The molecule has 0 spiro atoms. The summed E-state index contributed by atoms with van der Waals surface area (Å²) >= 11 is 7.54. The normalized spacial score (nSPS) is 11.2. The van der Waals surface area contributed by atoms with Crippen molar-refractivity contribution < 1.29 is 64.4 Å². The fourth-order valence-electron chi connectivity index (χ4n) is 0.250. The fourth-order valence-corrected chi connectivity index (χ4v) is 1.38. The van der Waals surface area contributed by atoms with Crippen molar-refractivity contribution in [2.75, 3.05) is 5.75 Å². The predicted molar refractivity (Wildman–Crippen MR) is 40.9 cm³/mol. The summed E-state index contributed by atoms with van der Waals surface area (Å²) in [6.45, 7) is 0. The van der Waals surface area contributed by atoms with Crippen LogP contribution < -0.4 is 51.4 Å². The molecule has 0 aromatic rings. The van der Waals surface area contributed by atoms with Gasteiger partial charge in [0.25, 0.3) is 0 Å². The Hall–Kier alpha value is 2.25. The van der Waals surface area contributed by atoms with Gasteiger partial charge in [-0.25, -0.2) is 8.42 Å². The maximum Gasteiger partial charge on any atom is 1.00 e. The Morgan fingerprint density at radius 1 is 1.40 bits per heavy atom. The van der Waals surface area contributed by atoms with Crippen molar-refractivity contribution in [2.45, 2.75) is 11.0 Å². The minimum Gasteiger partial charge on any atom is -0.748 e. The second kappa shape index (κ2) is 6.73. The van der Waals surface area contributed by atoms with Gasteiger partial charge in [0.15, 0.2) is 0 Å². The molecule has 0 heterocycles. The first kappa shape index (κ1) is 14.8. The first-order chi connectivity index (χ1) is 3.92. The van der Waals surface area contributed by atoms with Crippen LogP contribution in [0.15, 0.2) is 0 Å². The number of rotatable bonds is 3. The molecule has 0 bridgehead atoms. The summed E-state index contributed by atoms with van der Waals surface area (Å²) in [6.07, 6.45) is 0.193. The SMILES string of the molecule is O=S(=O)([O-])CCC(S)S.[K+]. The average Bonchev–Trinajstić information content (AvgIpc) is 1.59. The molecule has 0 rings (SSSR count). The van der Waals surface area contributed by atoms with Gasteiger partial charge in [0.2, 0.25) is 0 Å². The topological polar surface area (TPSA) is 57.2 Å². The van der Waals surface area contributed by atoms with Gasteiger partial charge >= 0.3 is 51.4 Å². The molecule has 0 N–H and O–H groups in total. The van der Waals surface area contributed by atoms with Crippen molar-refractivity contribution >= 4 is 35.4 Å². The van der Waals surface area contributed by atoms with Crippen LogP contribution in [0.25, 0.3) is 0 Å². The molecule has 0 unspecified atom stereocenters. The number of hydrogen-bond donors (Lipinski definition) is 2. The van der Waals surface area contributed by atoms with Crippen LogP contribution in [-0.4, -0.2) is 23.3 Å². The summed E-state index contributed by atoms with van der Waals surface area (Å²) in [7, 11) is -4.07. The van der Waals surface area contributed by atoms with Crippen LogP contribution in [0.4, 0.5) is 0 Å². The van der Waals surface area contributed by atoms with Gasteiger partial charge in [-0.2, -0.15) is 25.3 Å². The van der Waals surface area contributed by atoms with E-state index in [0.29, 0.717) is 0 Å². The summed E-state index contributed by atoms with van der Waals surface area (Å²) in [5, 5.41) is 0. The van der Waals surface area contributed by atoms with E-state index in [2.05, 4.69) is 25.3 Å². The quantitative estimate of drug-likeness (QED) is 0.235. The maximum atomic E-state index is 9.91. The Morgan fingerprint density at radius 2 is 1.80 bits per heavy atom. The first-order valence-electron chi connectivity index (χ1n) is 2.21. The van der Waals surface area contributed by atoms with E-state index >= 15 is 0 Å². The molecule has 0 amide bonds. The summed E-state index contributed by atoms with van der Waals surface area (Å²) in [5.41, 5.74) is 0. The van der Waals surface area contributed by atoms with Gasteiger partial charge in [0, 0.05) is 10.3 Å². The van der Waals surface area contributed by atoms with E-state index in [-0.39, 0.29) is 68.1 Å². The Kier molecular flexibility index (Phi) is 9.93. The van der Waals surface area contributed by atoms with Crippen LogP contribution in [0.5, 0.6) is 0 Å². The Morgan fingerprint density at radius 3 is 1.90 bits per heavy atom. The zero-order valence-electron chi connectivity index (χ0n) is 5.52. The Balaban J connectivity index is 0. The molecular formula is C3H7KO3S3. The van der Waals surface area contributed by atoms with Crippen LogP contribution in [0.3, 0.4) is 0 Å². The van der Waals surface area contributed by atoms with Crippen molar-refractivity contribution in [1.29, 1.82) is 0 Å². The summed E-state index contributed by atoms with van der Waals surface area (Å²) < 4.78 is 29.4. The van der Waals surface area contributed by atoms with Crippen LogP contribution in [0, 0.1) is 0 Å². The number of thiol groups is 2. The molecule has 10 heavy (non-hydrogen) atoms. The predicted octanol–water partition coefficient (Wildman–Crippen LogP) is -2.89. The van der Waals surface area contributed by atoms with Gasteiger partial charge in [0.1, 0.15) is 0 Å². The van der Waals surface area contributed by atoms with E-state index in [1.165, 1.54) is 0 Å². The zero-order valence-corrected chi connectivity index (χ0v) is 11.2. The largest absolute Gasteiger partial charge is 1.00 e. The van der Waals surface area contributed by atoms with Crippen molar-refractivity contribution in [3.8, 4) is 0 Å². The molecule has 0 fully saturated rings. The summed E-state index contributed by atoms with van der Waals surface area (Å²) in [5.74, 6) is -0.384. The monoisotopic (exact) mass is 226 g/mol. The van der Waals surface area contributed by atoms with E-state index < -0.39 is 10.1 Å². The third-order valence-corrected chi connectivity index (χ3v) is 1.88. The second-order valence-electron chi connectivity index (χ2n) is 1.53. The van der Waals surface area contributed by atoms with Gasteiger partial charge in [-0.05, 0) is 6.42 Å². The van der Waals surface area contributed by atoms with E-state index in [0.717, 1.165) is 0 Å². The molecule has 0 radical (unpaired) electrons. The van der Waals surface area contributed by atoms with Crippen LogP contribution >= 0.6 is 25.3 Å². The van der Waals surface area contributed by atoms with Crippen molar-refractivity contribution in [3.63, 3.8) is 0 Å². The third-order valence-electron chi connectivity index (χ3n) is 0.626. The Labute approximate surface area is 114 Å². The average molecular weight is 226 g/mol. The van der Waals surface area contributed by atoms with Crippen LogP contribution in [0.2, 0.25) is 0 Å². The molecule has 0 saturated heterocycles. The number of hydrogen-bond acceptors (Lipinski definition) is 5. The van der Waals surface area contributed by atoms with Crippen LogP contribution in [-0.2, 0) is 10.1 Å². The standard InChI is InChI=1S/C3H8O3S3.K/c4-9(5,6)2-1-3(7)8;/h3,7-8H,1-2H2,(H,4,5,6);/q;+1/p-1. The van der Waals surface area contributed by atoms with Gasteiger partial charge in [-0.1, -0.05) is 0 Å². The van der Waals surface area contributed by atoms with Crippen LogP contribution in [0.1, 0.15) is 6.42 Å². The minimum absolute atomic E-state index is 0. The molecule has 0 aliphatic heterocycles. The van der Waals surface area contributed by atoms with E-state index in [4.69, 9.17) is 0 Å². The third kappa shape index (κ3) is 12.9. The van der Waals surface area contributed by atoms with Gasteiger partial charge in [-0.15, -0.1) is 0 Å². The van der Waals surface area contributed by atoms with Gasteiger partial charge in [-0.3, -0.25) is 0 Å². The van der Waals surface area contributed by atoms with Gasteiger partial charge in [0.05, 0.1) is 10.1 Å².